The van der Waals surface area contributed by atoms with E-state index in [-0.39, 0.29) is 10.6 Å². The Morgan fingerprint density at radius 3 is 2.32 bits per heavy atom. The molecule has 0 saturated carbocycles. The van der Waals surface area contributed by atoms with Gasteiger partial charge in [-0.1, -0.05) is 6.92 Å². The molecule has 0 spiro atoms. The number of carbonyl (C=O) groups is 2. The van der Waals surface area contributed by atoms with Crippen LogP contribution in [0.2, 0.25) is 0 Å². The van der Waals surface area contributed by atoms with E-state index in [0.717, 1.165) is 31.0 Å². The zero-order chi connectivity index (χ0) is 25.8. The fourth-order valence-corrected chi connectivity index (χ4v) is 4.63. The van der Waals surface area contributed by atoms with Crippen molar-refractivity contribution in [3.63, 3.8) is 0 Å². The summed E-state index contributed by atoms with van der Waals surface area (Å²) in [5, 5.41) is 2.54. The number of benzene rings is 1. The van der Waals surface area contributed by atoms with Gasteiger partial charge in [0.2, 0.25) is 0 Å². The molecule has 1 heterocycles. The number of nitrogens with one attached hydrogen (secondary N) is 1. The van der Waals surface area contributed by atoms with E-state index < -0.39 is 70.6 Å². The van der Waals surface area contributed by atoms with Crippen LogP contribution < -0.4 is 5.32 Å². The van der Waals surface area contributed by atoms with Crippen LogP contribution in [0.3, 0.4) is 0 Å². The smallest absolute Gasteiger partial charge is 0.417 e. The lowest BCUT2D eigenvalue weighted by atomic mass is 9.78. The molecular weight excluding hydrogens is 481 g/mol. The van der Waals surface area contributed by atoms with Gasteiger partial charge in [0.25, 0.3) is 0 Å². The van der Waals surface area contributed by atoms with Crippen molar-refractivity contribution in [3.05, 3.63) is 51.6 Å². The molecule has 1 unspecified atom stereocenters. The highest BCUT2D eigenvalue weighted by Crippen LogP contribution is 2.48. The number of rotatable bonds is 8. The van der Waals surface area contributed by atoms with Crippen molar-refractivity contribution in [2.45, 2.75) is 57.2 Å². The summed E-state index contributed by atoms with van der Waals surface area (Å²) in [5.41, 5.74) is -3.84. The quantitative estimate of drug-likeness (QED) is 0.279. The molecule has 5 nitrogen and oxygen atoms in total. The second kappa shape index (κ2) is 11.2. The number of ether oxygens (including phenoxy) is 2. The summed E-state index contributed by atoms with van der Waals surface area (Å²) in [7, 11) is 0.952. The first-order valence-corrected chi connectivity index (χ1v) is 11.5. The number of thioether (sulfide) groups is 1. The zero-order valence-corrected chi connectivity index (χ0v) is 20.2. The number of dihydropyridines is 1. The standard InChI is InChI=1S/C23H26F5NO4S/c1-6-9-34-15-8-7-13(25)17(20(15)23(26,27)28)19-16(22(31)33-11(2)3)12(4)29-14(10-24)18(19)21(30)32-5/h7-8,11,19,29H,6,9-10H2,1-5H3. The topological polar surface area (TPSA) is 64.6 Å². The van der Waals surface area contributed by atoms with E-state index in [9.17, 15) is 27.2 Å². The maximum Gasteiger partial charge on any atom is 0.417 e. The highest BCUT2D eigenvalue weighted by molar-refractivity contribution is 7.99. The van der Waals surface area contributed by atoms with E-state index >= 15 is 4.39 Å². The van der Waals surface area contributed by atoms with Gasteiger partial charge >= 0.3 is 18.1 Å². The molecule has 1 aliphatic heterocycles. The Bertz CT molecular complexity index is 1020. The van der Waals surface area contributed by atoms with Crippen LogP contribution in [0, 0.1) is 5.82 Å². The average Bonchev–Trinajstić information content (AvgIpc) is 2.75. The van der Waals surface area contributed by atoms with E-state index in [2.05, 4.69) is 5.32 Å². The van der Waals surface area contributed by atoms with Crippen LogP contribution in [0.15, 0.2) is 39.6 Å². The third-order valence-corrected chi connectivity index (χ3v) is 6.20. The molecule has 0 fully saturated rings. The van der Waals surface area contributed by atoms with Crippen LogP contribution in [0.5, 0.6) is 0 Å². The number of esters is 2. The fraction of sp³-hybridized carbons (Fsp3) is 0.478. The molecule has 0 aromatic heterocycles. The normalized spacial score (nSPS) is 16.6. The molecule has 1 aromatic rings. The summed E-state index contributed by atoms with van der Waals surface area (Å²) in [4.78, 5) is 25.4. The second-order valence-corrected chi connectivity index (χ2v) is 8.89. The van der Waals surface area contributed by atoms with Crippen molar-refractivity contribution in [3.8, 4) is 0 Å². The van der Waals surface area contributed by atoms with E-state index in [1.54, 1.807) is 6.92 Å². The van der Waals surface area contributed by atoms with Gasteiger partial charge in [-0.25, -0.2) is 18.4 Å². The highest BCUT2D eigenvalue weighted by Gasteiger charge is 2.46. The molecule has 34 heavy (non-hydrogen) atoms. The fourth-order valence-electron chi connectivity index (χ4n) is 3.67. The molecule has 1 aromatic carbocycles. The molecule has 188 valence electrons. The Kier molecular flexibility index (Phi) is 9.15. The molecule has 11 heteroatoms. The van der Waals surface area contributed by atoms with Crippen molar-refractivity contribution in [1.29, 1.82) is 0 Å². The Morgan fingerprint density at radius 1 is 1.18 bits per heavy atom. The van der Waals surface area contributed by atoms with Gasteiger partial charge in [0, 0.05) is 16.2 Å². The van der Waals surface area contributed by atoms with Crippen LogP contribution in [0.4, 0.5) is 22.0 Å². The molecule has 1 N–H and O–H groups in total. The molecule has 1 atom stereocenters. The van der Waals surface area contributed by atoms with Crippen molar-refractivity contribution >= 4 is 23.7 Å². The summed E-state index contributed by atoms with van der Waals surface area (Å²) < 4.78 is 82.2. The minimum Gasteiger partial charge on any atom is -0.466 e. The van der Waals surface area contributed by atoms with Gasteiger partial charge in [0.05, 0.1) is 41.5 Å². The van der Waals surface area contributed by atoms with Gasteiger partial charge in [-0.3, -0.25) is 0 Å². The highest BCUT2D eigenvalue weighted by atomic mass is 32.2. The van der Waals surface area contributed by atoms with E-state index in [1.165, 1.54) is 20.8 Å². The summed E-state index contributed by atoms with van der Waals surface area (Å²) in [6.07, 6.45) is -5.16. The SMILES string of the molecule is CCCSc1ccc(F)c(C2C(C(=O)OC(C)C)=C(C)NC(CF)=C2C(=O)OC)c1C(F)(F)F. The Morgan fingerprint density at radius 2 is 1.82 bits per heavy atom. The number of carbonyl (C=O) groups excluding carboxylic acids is 2. The van der Waals surface area contributed by atoms with Gasteiger partial charge in [-0.05, 0) is 45.1 Å². The first-order valence-electron chi connectivity index (χ1n) is 10.5. The zero-order valence-electron chi connectivity index (χ0n) is 19.4. The number of alkyl halides is 4. The van der Waals surface area contributed by atoms with Crippen molar-refractivity contribution < 1.29 is 41.0 Å². The summed E-state index contributed by atoms with van der Waals surface area (Å²) in [6.45, 7) is 4.83. The van der Waals surface area contributed by atoms with E-state index in [1.807, 2.05) is 0 Å². The number of allylic oxidation sites excluding steroid dienone is 2. The third kappa shape index (κ3) is 5.73. The summed E-state index contributed by atoms with van der Waals surface area (Å²) in [5.74, 6) is -5.17. The Hall–Kier alpha value is -2.56. The summed E-state index contributed by atoms with van der Waals surface area (Å²) in [6, 6.07) is 1.85. The Balaban J connectivity index is 3.00. The van der Waals surface area contributed by atoms with Crippen LogP contribution in [0.1, 0.15) is 51.2 Å². The molecule has 0 amide bonds. The lowest BCUT2D eigenvalue weighted by Gasteiger charge is -2.33. The molecule has 2 rings (SSSR count). The lowest BCUT2D eigenvalue weighted by molar-refractivity contribution is -0.144. The third-order valence-electron chi connectivity index (χ3n) is 4.93. The van der Waals surface area contributed by atoms with Crippen molar-refractivity contribution in [2.75, 3.05) is 19.5 Å². The van der Waals surface area contributed by atoms with Gasteiger partial charge in [-0.15, -0.1) is 11.8 Å². The van der Waals surface area contributed by atoms with Crippen LogP contribution in [-0.4, -0.2) is 37.6 Å². The minimum atomic E-state index is -5.05. The maximum atomic E-state index is 15.3. The number of hydrogen-bond donors (Lipinski definition) is 1. The molecule has 0 saturated heterocycles. The monoisotopic (exact) mass is 507 g/mol. The first-order chi connectivity index (χ1) is 15.9. The molecule has 1 aliphatic rings. The van der Waals surface area contributed by atoms with Gasteiger partial charge in [-0.2, -0.15) is 13.2 Å². The van der Waals surface area contributed by atoms with Gasteiger partial charge < -0.3 is 14.8 Å². The number of halogens is 5. The largest absolute Gasteiger partial charge is 0.466 e. The lowest BCUT2D eigenvalue weighted by Crippen LogP contribution is -2.35. The second-order valence-electron chi connectivity index (χ2n) is 7.75. The van der Waals surface area contributed by atoms with Crippen LogP contribution in [0.25, 0.3) is 0 Å². The van der Waals surface area contributed by atoms with Crippen LogP contribution in [-0.2, 0) is 25.2 Å². The molecule has 0 aliphatic carbocycles. The van der Waals surface area contributed by atoms with Gasteiger partial charge in [0.1, 0.15) is 12.5 Å². The van der Waals surface area contributed by atoms with Crippen LogP contribution >= 0.6 is 11.8 Å². The number of hydrogen-bond acceptors (Lipinski definition) is 6. The Labute approximate surface area is 198 Å². The number of methoxy groups -OCH3 is 1. The predicted molar refractivity (Wildman–Crippen MR) is 117 cm³/mol. The van der Waals surface area contributed by atoms with E-state index in [4.69, 9.17) is 9.47 Å². The molecule has 0 bridgehead atoms. The van der Waals surface area contributed by atoms with Crippen molar-refractivity contribution in [2.24, 2.45) is 0 Å². The first kappa shape index (κ1) is 27.7. The van der Waals surface area contributed by atoms with Gasteiger partial charge in [0.15, 0.2) is 0 Å². The minimum absolute atomic E-state index is 0.0601. The average molecular weight is 508 g/mol. The predicted octanol–water partition coefficient (Wildman–Crippen LogP) is 5.66. The summed E-state index contributed by atoms with van der Waals surface area (Å²) >= 11 is 0.863. The van der Waals surface area contributed by atoms with E-state index in [0.29, 0.717) is 12.2 Å². The van der Waals surface area contributed by atoms with Crippen molar-refractivity contribution in [1.82, 2.24) is 5.32 Å². The maximum absolute atomic E-state index is 15.3. The molecule has 0 radical (unpaired) electrons. The molecular formula is C23H26F5NO4S.